The van der Waals surface area contributed by atoms with E-state index in [1.807, 2.05) is 12.4 Å². The minimum Gasteiger partial charge on any atom is -0.310 e. The van der Waals surface area contributed by atoms with Gasteiger partial charge in [0.2, 0.25) is 0 Å². The van der Waals surface area contributed by atoms with Gasteiger partial charge in [-0.15, -0.1) is 0 Å². The average Bonchev–Trinajstić information content (AvgIpc) is 3.66. The van der Waals surface area contributed by atoms with Crippen LogP contribution < -0.4 is 0 Å². The van der Waals surface area contributed by atoms with Crippen LogP contribution in [0.25, 0.3) is 47.1 Å². The second kappa shape index (κ2) is 15.7. The van der Waals surface area contributed by atoms with Crippen LogP contribution in [0.4, 0.5) is 0 Å². The lowest BCUT2D eigenvalue weighted by Gasteiger charge is -2.14. The molecule has 4 aromatic heterocycles. The smallest absolute Gasteiger partial charge is 0.0886 e. The van der Waals surface area contributed by atoms with Crippen LogP contribution in [0.3, 0.4) is 0 Å². The number of nitrogens with zero attached hydrogens (tertiary/aromatic N) is 4. The van der Waals surface area contributed by atoms with Crippen molar-refractivity contribution in [3.63, 3.8) is 0 Å². The number of hydrogen-bond donors (Lipinski definition) is 0. The summed E-state index contributed by atoms with van der Waals surface area (Å²) in [5.74, 6) is 0. The van der Waals surface area contributed by atoms with E-state index in [4.69, 9.17) is 9.97 Å². The SMILES string of the molecule is CC/C=C\c1c(C)c2c(n1-c1ccc(Cc3ccc(-c4ccc(Cc5ccc(-n6c7c(c(C)c6/C=C\CC)CCC=C7)cc5)cn4)nc3)cc1)C=CCC2. The van der Waals surface area contributed by atoms with E-state index in [1.54, 1.807) is 0 Å². The first-order valence-corrected chi connectivity index (χ1v) is 19.8. The van der Waals surface area contributed by atoms with Gasteiger partial charge in [0.15, 0.2) is 0 Å². The molecule has 0 aliphatic heterocycles. The Bertz CT molecular complexity index is 2200. The lowest BCUT2D eigenvalue weighted by Crippen LogP contribution is -2.02. The van der Waals surface area contributed by atoms with Crippen LogP contribution in [0.5, 0.6) is 0 Å². The third-order valence-electron chi connectivity index (χ3n) is 11.1. The molecule has 0 fully saturated rings. The lowest BCUT2D eigenvalue weighted by atomic mass is 10.00. The summed E-state index contributed by atoms with van der Waals surface area (Å²) in [6.45, 7) is 8.93. The molecule has 54 heavy (non-hydrogen) atoms. The molecule has 0 unspecified atom stereocenters. The first kappa shape index (κ1) is 35.3. The van der Waals surface area contributed by atoms with E-state index in [1.165, 1.54) is 78.7 Å². The molecule has 0 bridgehead atoms. The highest BCUT2D eigenvalue weighted by Gasteiger charge is 2.21. The van der Waals surface area contributed by atoms with Gasteiger partial charge < -0.3 is 9.13 Å². The molecule has 2 aromatic carbocycles. The average molecular weight is 707 g/mol. The molecule has 4 heteroatoms. The summed E-state index contributed by atoms with van der Waals surface area (Å²) >= 11 is 0. The zero-order valence-electron chi connectivity index (χ0n) is 32.1. The van der Waals surface area contributed by atoms with Gasteiger partial charge in [0.25, 0.3) is 0 Å². The maximum atomic E-state index is 4.82. The van der Waals surface area contributed by atoms with Crippen molar-refractivity contribution in [3.05, 3.63) is 177 Å². The van der Waals surface area contributed by atoms with Gasteiger partial charge in [0.1, 0.15) is 0 Å². The summed E-state index contributed by atoms with van der Waals surface area (Å²) in [6.07, 6.45) is 30.5. The summed E-state index contributed by atoms with van der Waals surface area (Å²) in [4.78, 5) is 9.64. The Labute approximate surface area is 321 Å². The Hall–Kier alpha value is -5.74. The van der Waals surface area contributed by atoms with Gasteiger partial charge in [0.05, 0.1) is 11.4 Å². The van der Waals surface area contributed by atoms with Crippen molar-refractivity contribution in [1.82, 2.24) is 19.1 Å². The van der Waals surface area contributed by atoms with E-state index in [0.717, 1.165) is 62.8 Å². The lowest BCUT2D eigenvalue weighted by molar-refractivity contribution is 0.952. The van der Waals surface area contributed by atoms with Crippen LogP contribution in [-0.4, -0.2) is 19.1 Å². The van der Waals surface area contributed by atoms with Gasteiger partial charge in [-0.2, -0.15) is 0 Å². The van der Waals surface area contributed by atoms with Gasteiger partial charge in [-0.25, -0.2) is 0 Å². The minimum atomic E-state index is 0.837. The Morgan fingerprint density at radius 2 is 0.944 bits per heavy atom. The standard InChI is InChI=1S/C50H50N4/c1-5-7-15-47-35(3)43-13-9-11-17-49(43)53(47)41-25-19-37(20-26-41)31-39-23-29-45(51-33-39)46-30-24-40(34-52-46)32-38-21-27-42(28-22-38)54-48(16-8-6-2)36(4)44-14-10-12-18-50(44)54/h7-8,11-12,15-30,33-34H,5-6,9-10,13-14,31-32H2,1-4H3/b15-7-,16-8-. The number of rotatable bonds is 11. The van der Waals surface area contributed by atoms with Gasteiger partial charge in [-0.1, -0.05) is 74.5 Å². The molecule has 4 heterocycles. The zero-order chi connectivity index (χ0) is 37.0. The Morgan fingerprint density at radius 3 is 1.31 bits per heavy atom. The van der Waals surface area contributed by atoms with E-state index in [0.29, 0.717) is 0 Å². The van der Waals surface area contributed by atoms with E-state index < -0.39 is 0 Å². The fraction of sp³-hybridized carbons (Fsp3) is 0.240. The van der Waals surface area contributed by atoms with Crippen molar-refractivity contribution in [3.8, 4) is 22.8 Å². The predicted octanol–water partition coefficient (Wildman–Crippen LogP) is 12.3. The number of fused-ring (bicyclic) bond motifs is 2. The van der Waals surface area contributed by atoms with Crippen LogP contribution in [0.2, 0.25) is 0 Å². The number of allylic oxidation sites excluding steroid dienone is 4. The topological polar surface area (TPSA) is 35.6 Å². The number of aromatic nitrogens is 4. The van der Waals surface area contributed by atoms with Crippen LogP contribution in [-0.2, 0) is 25.7 Å². The number of pyridine rings is 2. The maximum Gasteiger partial charge on any atom is 0.0886 e. The van der Waals surface area contributed by atoms with Crippen molar-refractivity contribution in [2.24, 2.45) is 0 Å². The largest absolute Gasteiger partial charge is 0.310 e. The molecule has 0 saturated heterocycles. The molecule has 2 aliphatic carbocycles. The van der Waals surface area contributed by atoms with Gasteiger partial charge in [-0.3, -0.25) is 9.97 Å². The first-order valence-electron chi connectivity index (χ1n) is 19.8. The summed E-state index contributed by atoms with van der Waals surface area (Å²) in [6, 6.07) is 26.6. The van der Waals surface area contributed by atoms with Gasteiger partial charge >= 0.3 is 0 Å². The Balaban J connectivity index is 0.928. The summed E-state index contributed by atoms with van der Waals surface area (Å²) in [5, 5.41) is 0. The van der Waals surface area contributed by atoms with Crippen LogP contribution in [0.1, 0.15) is 107 Å². The van der Waals surface area contributed by atoms with Crippen molar-refractivity contribution >= 4 is 24.3 Å². The molecule has 6 aromatic rings. The molecule has 4 nitrogen and oxygen atoms in total. The molecule has 0 N–H and O–H groups in total. The van der Waals surface area contributed by atoms with Crippen LogP contribution in [0.15, 0.2) is 109 Å². The molecule has 0 radical (unpaired) electrons. The van der Waals surface area contributed by atoms with E-state index in [9.17, 15) is 0 Å². The molecule has 2 aliphatic rings. The highest BCUT2D eigenvalue weighted by atomic mass is 15.0. The predicted molar refractivity (Wildman–Crippen MR) is 227 cm³/mol. The minimum absolute atomic E-state index is 0.837. The van der Waals surface area contributed by atoms with Crippen molar-refractivity contribution in [1.29, 1.82) is 0 Å². The molecule has 0 saturated carbocycles. The molecule has 0 spiro atoms. The summed E-state index contributed by atoms with van der Waals surface area (Å²) in [7, 11) is 0. The van der Waals surface area contributed by atoms with E-state index >= 15 is 0 Å². The zero-order valence-corrected chi connectivity index (χ0v) is 32.1. The third-order valence-corrected chi connectivity index (χ3v) is 11.1. The summed E-state index contributed by atoms with van der Waals surface area (Å²) in [5.41, 5.74) is 20.1. The quantitative estimate of drug-likeness (QED) is 0.134. The van der Waals surface area contributed by atoms with Gasteiger partial charge in [0, 0.05) is 46.5 Å². The van der Waals surface area contributed by atoms with Crippen molar-refractivity contribution < 1.29 is 0 Å². The second-order valence-electron chi connectivity index (χ2n) is 14.7. The van der Waals surface area contributed by atoms with Crippen LogP contribution >= 0.6 is 0 Å². The monoisotopic (exact) mass is 706 g/mol. The first-order chi connectivity index (χ1) is 26.5. The Morgan fingerprint density at radius 1 is 0.537 bits per heavy atom. The molecule has 0 atom stereocenters. The number of benzene rings is 2. The third kappa shape index (κ3) is 7.01. The molecular formula is C50H50N4. The maximum absolute atomic E-state index is 4.82. The molecule has 0 amide bonds. The molecule has 270 valence electrons. The second-order valence-corrected chi connectivity index (χ2v) is 14.7. The van der Waals surface area contributed by atoms with E-state index in [-0.39, 0.29) is 0 Å². The fourth-order valence-corrected chi connectivity index (χ4v) is 8.16. The summed E-state index contributed by atoms with van der Waals surface area (Å²) < 4.78 is 4.86. The molecular weight excluding hydrogens is 657 g/mol. The van der Waals surface area contributed by atoms with Crippen molar-refractivity contribution in [2.45, 2.75) is 79.1 Å². The van der Waals surface area contributed by atoms with E-state index in [2.05, 4.69) is 158 Å². The number of hydrogen-bond acceptors (Lipinski definition) is 2. The normalized spacial score (nSPS) is 13.6. The highest BCUT2D eigenvalue weighted by Crippen LogP contribution is 2.34. The molecule has 8 rings (SSSR count). The Kier molecular flexibility index (Phi) is 10.3. The fourth-order valence-electron chi connectivity index (χ4n) is 8.16. The van der Waals surface area contributed by atoms with Crippen LogP contribution in [0, 0.1) is 13.8 Å². The van der Waals surface area contributed by atoms with Crippen molar-refractivity contribution in [2.75, 3.05) is 0 Å². The van der Waals surface area contributed by atoms with Gasteiger partial charge in [-0.05, 0) is 170 Å². The highest BCUT2D eigenvalue weighted by molar-refractivity contribution is 5.69.